The number of rotatable bonds is 6. The number of ether oxygens (including phenoxy) is 1. The molecule has 2 N–H and O–H groups in total. The molecule has 2 rings (SSSR count). The van der Waals surface area contributed by atoms with Crippen LogP contribution in [0.3, 0.4) is 0 Å². The van der Waals surface area contributed by atoms with Crippen LogP contribution in [0.15, 0.2) is 18.2 Å². The smallest absolute Gasteiger partial charge is 0.221 e. The summed E-state index contributed by atoms with van der Waals surface area (Å²) in [5, 5.41) is 6.11. The summed E-state index contributed by atoms with van der Waals surface area (Å²) in [6.45, 7) is 2.83. The van der Waals surface area contributed by atoms with Crippen molar-refractivity contribution in [2.75, 3.05) is 24.7 Å². The summed E-state index contributed by atoms with van der Waals surface area (Å²) in [5.41, 5.74) is 0. The number of nitrogens with one attached hydrogen (secondary N) is 2. The van der Waals surface area contributed by atoms with Crippen molar-refractivity contribution in [3.63, 3.8) is 0 Å². The van der Waals surface area contributed by atoms with Crippen LogP contribution >= 0.6 is 24.2 Å². The van der Waals surface area contributed by atoms with E-state index in [1.807, 2.05) is 11.8 Å². The highest BCUT2D eigenvalue weighted by Crippen LogP contribution is 2.17. The molecule has 1 fully saturated rings. The van der Waals surface area contributed by atoms with Crippen LogP contribution in [-0.2, 0) is 4.79 Å². The zero-order chi connectivity index (χ0) is 15.9. The van der Waals surface area contributed by atoms with E-state index in [2.05, 4.69) is 10.6 Å². The maximum Gasteiger partial charge on any atom is 0.221 e. The average Bonchev–Trinajstić information content (AvgIpc) is 2.47. The molecule has 4 nitrogen and oxygen atoms in total. The first-order valence-electron chi connectivity index (χ1n) is 7.23. The van der Waals surface area contributed by atoms with Crippen molar-refractivity contribution in [1.29, 1.82) is 0 Å². The SMILES string of the molecule is CC(COc1ccc(F)cc1F)NC(=O)CC1CSCCN1.Cl. The molecule has 1 saturated heterocycles. The molecule has 0 saturated carbocycles. The molecule has 23 heavy (non-hydrogen) atoms. The van der Waals surface area contributed by atoms with Gasteiger partial charge in [0, 0.05) is 36.6 Å². The third-order valence-electron chi connectivity index (χ3n) is 3.22. The predicted octanol–water partition coefficient (Wildman–Crippen LogP) is 2.37. The second-order valence-corrected chi connectivity index (χ2v) is 6.43. The van der Waals surface area contributed by atoms with Crippen LogP contribution in [0.5, 0.6) is 5.75 Å². The van der Waals surface area contributed by atoms with Crippen molar-refractivity contribution in [3.8, 4) is 5.75 Å². The quantitative estimate of drug-likeness (QED) is 0.811. The number of thioether (sulfide) groups is 1. The minimum atomic E-state index is -0.748. The van der Waals surface area contributed by atoms with Crippen molar-refractivity contribution in [2.24, 2.45) is 0 Å². The number of carbonyl (C=O) groups excluding carboxylic acids is 1. The number of benzene rings is 1. The molecule has 1 aliphatic heterocycles. The first kappa shape index (κ1) is 20.0. The third-order valence-corrected chi connectivity index (χ3v) is 4.35. The van der Waals surface area contributed by atoms with E-state index < -0.39 is 11.6 Å². The lowest BCUT2D eigenvalue weighted by molar-refractivity contribution is -0.122. The van der Waals surface area contributed by atoms with Gasteiger partial charge in [-0.1, -0.05) is 0 Å². The molecule has 0 spiro atoms. The Morgan fingerprint density at radius 3 is 2.96 bits per heavy atom. The maximum absolute atomic E-state index is 13.4. The van der Waals surface area contributed by atoms with Crippen molar-refractivity contribution in [1.82, 2.24) is 10.6 Å². The van der Waals surface area contributed by atoms with E-state index in [1.165, 1.54) is 6.07 Å². The van der Waals surface area contributed by atoms with Crippen molar-refractivity contribution < 1.29 is 18.3 Å². The lowest BCUT2D eigenvalue weighted by atomic mass is 10.2. The van der Waals surface area contributed by atoms with Crippen LogP contribution in [0.2, 0.25) is 0 Å². The van der Waals surface area contributed by atoms with Gasteiger partial charge < -0.3 is 15.4 Å². The van der Waals surface area contributed by atoms with Crippen LogP contribution in [0.1, 0.15) is 13.3 Å². The lowest BCUT2D eigenvalue weighted by Crippen LogP contribution is -2.44. The summed E-state index contributed by atoms with van der Waals surface area (Å²) in [6, 6.07) is 3.08. The van der Waals surface area contributed by atoms with Gasteiger partial charge in [0.05, 0.1) is 6.04 Å². The van der Waals surface area contributed by atoms with E-state index >= 15 is 0 Å². The Hall–Kier alpha value is -1.05. The number of halogens is 3. The minimum Gasteiger partial charge on any atom is -0.488 e. The zero-order valence-corrected chi connectivity index (χ0v) is 14.4. The number of hydrogen-bond donors (Lipinski definition) is 2. The normalized spacial score (nSPS) is 18.7. The fourth-order valence-electron chi connectivity index (χ4n) is 2.16. The monoisotopic (exact) mass is 366 g/mol. The molecule has 0 radical (unpaired) electrons. The summed E-state index contributed by atoms with van der Waals surface area (Å²) in [7, 11) is 0. The predicted molar refractivity (Wildman–Crippen MR) is 90.4 cm³/mol. The second kappa shape index (κ2) is 9.95. The summed E-state index contributed by atoms with van der Waals surface area (Å²) >= 11 is 1.83. The highest BCUT2D eigenvalue weighted by molar-refractivity contribution is 7.99. The van der Waals surface area contributed by atoms with E-state index in [4.69, 9.17) is 4.74 Å². The summed E-state index contributed by atoms with van der Waals surface area (Å²) in [5.74, 6) is 0.527. The van der Waals surface area contributed by atoms with Crippen LogP contribution in [0.25, 0.3) is 0 Å². The van der Waals surface area contributed by atoms with Gasteiger partial charge in [-0.3, -0.25) is 4.79 Å². The first-order chi connectivity index (χ1) is 10.5. The van der Waals surface area contributed by atoms with Crippen molar-refractivity contribution in [3.05, 3.63) is 29.8 Å². The van der Waals surface area contributed by atoms with Gasteiger partial charge >= 0.3 is 0 Å². The van der Waals surface area contributed by atoms with Gasteiger partial charge in [0.1, 0.15) is 12.4 Å². The Kier molecular flexibility index (Phi) is 8.65. The Labute approximate surface area is 145 Å². The molecular formula is C15H21ClF2N2O2S. The van der Waals surface area contributed by atoms with Gasteiger partial charge in [-0.25, -0.2) is 8.78 Å². The van der Waals surface area contributed by atoms with Gasteiger partial charge in [0.2, 0.25) is 5.91 Å². The van der Waals surface area contributed by atoms with Crippen LogP contribution in [0.4, 0.5) is 8.78 Å². The fraction of sp³-hybridized carbons (Fsp3) is 0.533. The largest absolute Gasteiger partial charge is 0.488 e. The van der Waals surface area contributed by atoms with E-state index in [0.717, 1.165) is 30.2 Å². The highest BCUT2D eigenvalue weighted by Gasteiger charge is 2.18. The van der Waals surface area contributed by atoms with E-state index in [0.29, 0.717) is 6.42 Å². The Balaban J connectivity index is 0.00000264. The highest BCUT2D eigenvalue weighted by atomic mass is 35.5. The van der Waals surface area contributed by atoms with E-state index in [1.54, 1.807) is 6.92 Å². The summed E-state index contributed by atoms with van der Waals surface area (Å²) < 4.78 is 31.5. The summed E-state index contributed by atoms with van der Waals surface area (Å²) in [4.78, 5) is 11.9. The van der Waals surface area contributed by atoms with Gasteiger partial charge in [-0.15, -0.1) is 12.4 Å². The second-order valence-electron chi connectivity index (χ2n) is 5.28. The van der Waals surface area contributed by atoms with Gasteiger partial charge in [0.25, 0.3) is 0 Å². The topological polar surface area (TPSA) is 50.4 Å². The summed E-state index contributed by atoms with van der Waals surface area (Å²) in [6.07, 6.45) is 0.419. The van der Waals surface area contributed by atoms with E-state index in [-0.39, 0.29) is 42.8 Å². The standard InChI is InChI=1S/C15H20F2N2O2S.ClH/c1-10(8-21-14-3-2-11(16)6-13(14)17)19-15(20)7-12-9-22-5-4-18-12;/h2-3,6,10,12,18H,4-5,7-9H2,1H3,(H,19,20);1H. The van der Waals surface area contributed by atoms with Crippen LogP contribution in [-0.4, -0.2) is 42.6 Å². The Morgan fingerprint density at radius 1 is 1.52 bits per heavy atom. The Bertz CT molecular complexity index is 516. The molecule has 0 aliphatic carbocycles. The fourth-order valence-corrected chi connectivity index (χ4v) is 3.11. The lowest BCUT2D eigenvalue weighted by Gasteiger charge is -2.23. The molecule has 130 valence electrons. The molecule has 1 aromatic rings. The molecule has 2 atom stereocenters. The average molecular weight is 367 g/mol. The molecule has 1 aliphatic rings. The number of amides is 1. The first-order valence-corrected chi connectivity index (χ1v) is 8.38. The van der Waals surface area contributed by atoms with Gasteiger partial charge in [-0.05, 0) is 19.1 Å². The molecule has 8 heteroatoms. The maximum atomic E-state index is 13.4. The minimum absolute atomic E-state index is 0. The van der Waals surface area contributed by atoms with Gasteiger partial charge in [-0.2, -0.15) is 11.8 Å². The van der Waals surface area contributed by atoms with Crippen molar-refractivity contribution in [2.45, 2.75) is 25.4 Å². The van der Waals surface area contributed by atoms with Crippen LogP contribution < -0.4 is 15.4 Å². The molecule has 0 bridgehead atoms. The number of carbonyl (C=O) groups is 1. The molecule has 1 aromatic carbocycles. The molecular weight excluding hydrogens is 346 g/mol. The molecule has 1 heterocycles. The molecule has 0 aromatic heterocycles. The third kappa shape index (κ3) is 6.93. The molecule has 1 amide bonds. The van der Waals surface area contributed by atoms with Crippen LogP contribution in [0, 0.1) is 11.6 Å². The number of hydrogen-bond acceptors (Lipinski definition) is 4. The van der Waals surface area contributed by atoms with Crippen molar-refractivity contribution >= 4 is 30.1 Å². The molecule has 2 unspecified atom stereocenters. The Morgan fingerprint density at radius 2 is 2.30 bits per heavy atom. The van der Waals surface area contributed by atoms with Gasteiger partial charge in [0.15, 0.2) is 11.6 Å². The zero-order valence-electron chi connectivity index (χ0n) is 12.8. The van der Waals surface area contributed by atoms with E-state index in [9.17, 15) is 13.6 Å².